The molecule has 0 unspecified atom stereocenters. The Morgan fingerprint density at radius 3 is 2.07 bits per heavy atom. The second kappa shape index (κ2) is 11.6. The van der Waals surface area contributed by atoms with Crippen LogP contribution >= 0.6 is 7.60 Å². The summed E-state index contributed by atoms with van der Waals surface area (Å²) >= 11 is 0. The summed E-state index contributed by atoms with van der Waals surface area (Å²) in [5, 5.41) is -0.124. The molecule has 0 saturated carbocycles. The molecule has 6 nitrogen and oxygen atoms in total. The number of carbonyl (C=O) groups is 1. The Morgan fingerprint density at radius 2 is 1.52 bits per heavy atom. The largest absolute Gasteiger partial charge is 0.489 e. The van der Waals surface area contributed by atoms with Crippen molar-refractivity contribution in [1.82, 2.24) is 0 Å². The van der Waals surface area contributed by atoms with Gasteiger partial charge in [0.15, 0.2) is 0 Å². The summed E-state index contributed by atoms with van der Waals surface area (Å²) in [6.07, 6.45) is 1.48. The van der Waals surface area contributed by atoms with E-state index >= 15 is 0 Å². The number of hydrogen-bond donors (Lipinski definition) is 0. The lowest BCUT2D eigenvalue weighted by atomic mass is 10.2. The van der Waals surface area contributed by atoms with Crippen LogP contribution in [-0.2, 0) is 29.8 Å². The summed E-state index contributed by atoms with van der Waals surface area (Å²) in [4.78, 5) is 12.4. The molecule has 0 aliphatic rings. The highest BCUT2D eigenvalue weighted by atomic mass is 31.2. The van der Waals surface area contributed by atoms with E-state index in [0.29, 0.717) is 17.9 Å². The normalized spacial score (nSPS) is 11.9. The van der Waals surface area contributed by atoms with Crippen LogP contribution in [0.25, 0.3) is 6.08 Å². The third-order valence-electron chi connectivity index (χ3n) is 3.81. The van der Waals surface area contributed by atoms with E-state index in [-0.39, 0.29) is 25.1 Å². The Labute approximate surface area is 172 Å². The smallest absolute Gasteiger partial charge is 0.368 e. The molecular weight excluding hydrogens is 391 g/mol. The van der Waals surface area contributed by atoms with Crippen molar-refractivity contribution in [2.75, 3.05) is 19.8 Å². The molecule has 2 rings (SSSR count). The zero-order valence-corrected chi connectivity index (χ0v) is 17.9. The van der Waals surface area contributed by atoms with Gasteiger partial charge < -0.3 is 18.5 Å². The minimum atomic E-state index is -3.79. The van der Waals surface area contributed by atoms with Gasteiger partial charge in [-0.2, -0.15) is 0 Å². The molecule has 0 aliphatic carbocycles. The predicted molar refractivity (Wildman–Crippen MR) is 113 cm³/mol. The molecule has 0 fully saturated rings. The highest BCUT2D eigenvalue weighted by Gasteiger charge is 2.36. The number of carbonyl (C=O) groups excluding carboxylic acids is 1. The van der Waals surface area contributed by atoms with Crippen LogP contribution in [0, 0.1) is 0 Å². The van der Waals surface area contributed by atoms with Crippen molar-refractivity contribution in [3.63, 3.8) is 0 Å². The third kappa shape index (κ3) is 6.86. The maximum Gasteiger partial charge on any atom is 0.368 e. The van der Waals surface area contributed by atoms with E-state index in [1.54, 1.807) is 45.0 Å². The number of hydrogen-bond acceptors (Lipinski definition) is 6. The van der Waals surface area contributed by atoms with Crippen molar-refractivity contribution >= 4 is 19.6 Å². The molecule has 29 heavy (non-hydrogen) atoms. The Balaban J connectivity index is 2.23. The fraction of sp³-hybridized carbons (Fsp3) is 0.318. The Kier molecular flexibility index (Phi) is 9.13. The van der Waals surface area contributed by atoms with Crippen molar-refractivity contribution in [1.29, 1.82) is 0 Å². The molecule has 0 amide bonds. The van der Waals surface area contributed by atoms with Crippen molar-refractivity contribution in [2.24, 2.45) is 0 Å². The topological polar surface area (TPSA) is 71.1 Å². The SMILES string of the molecule is CCOC(=O)/C(=C/c1ccc(OCc2ccccc2)cc1)P(=O)(OCC)OCC. The van der Waals surface area contributed by atoms with Crippen LogP contribution in [0.5, 0.6) is 5.75 Å². The molecule has 0 bridgehead atoms. The lowest BCUT2D eigenvalue weighted by molar-refractivity contribution is -0.137. The monoisotopic (exact) mass is 418 g/mol. The molecule has 0 heterocycles. The number of benzene rings is 2. The van der Waals surface area contributed by atoms with Crippen LogP contribution in [-0.4, -0.2) is 25.8 Å². The highest BCUT2D eigenvalue weighted by Crippen LogP contribution is 2.57. The van der Waals surface area contributed by atoms with E-state index in [4.69, 9.17) is 18.5 Å². The average molecular weight is 418 g/mol. The van der Waals surface area contributed by atoms with E-state index in [2.05, 4.69) is 0 Å². The molecule has 156 valence electrons. The first-order chi connectivity index (χ1) is 14.0. The van der Waals surface area contributed by atoms with Crippen molar-refractivity contribution in [2.45, 2.75) is 27.4 Å². The van der Waals surface area contributed by atoms with Crippen LogP contribution in [0.1, 0.15) is 31.9 Å². The lowest BCUT2D eigenvalue weighted by Gasteiger charge is -2.19. The molecule has 0 N–H and O–H groups in total. The number of rotatable bonds is 11. The van der Waals surface area contributed by atoms with Gasteiger partial charge in [0, 0.05) is 0 Å². The molecule has 0 saturated heterocycles. The van der Waals surface area contributed by atoms with Gasteiger partial charge in [0.25, 0.3) is 0 Å². The summed E-state index contributed by atoms with van der Waals surface area (Å²) in [7, 11) is -3.79. The van der Waals surface area contributed by atoms with Crippen molar-refractivity contribution in [3.8, 4) is 5.75 Å². The number of esters is 1. The first-order valence-electron chi connectivity index (χ1n) is 9.57. The number of ether oxygens (including phenoxy) is 2. The van der Waals surface area contributed by atoms with Crippen LogP contribution in [0.2, 0.25) is 0 Å². The summed E-state index contributed by atoms with van der Waals surface area (Å²) < 4.78 is 34.6. The van der Waals surface area contributed by atoms with Gasteiger partial charge in [-0.05, 0) is 50.1 Å². The summed E-state index contributed by atoms with van der Waals surface area (Å²) in [5.41, 5.74) is 1.72. The standard InChI is InChI=1S/C22H27O6P/c1-4-25-22(23)21(29(24,27-5-2)28-6-3)16-18-12-14-20(15-13-18)26-17-19-10-8-7-9-11-19/h7-16H,4-6,17H2,1-3H3/b21-16-. The van der Waals surface area contributed by atoms with Gasteiger partial charge in [-0.25, -0.2) is 4.79 Å². The van der Waals surface area contributed by atoms with Crippen LogP contribution in [0.15, 0.2) is 59.9 Å². The summed E-state index contributed by atoms with van der Waals surface area (Å²) in [5.74, 6) is -0.0383. The maximum atomic E-state index is 13.1. The molecule has 0 atom stereocenters. The van der Waals surface area contributed by atoms with E-state index in [0.717, 1.165) is 5.56 Å². The van der Waals surface area contributed by atoms with Crippen molar-refractivity contribution < 1.29 is 27.9 Å². The second-order valence-electron chi connectivity index (χ2n) is 5.93. The molecule has 0 radical (unpaired) electrons. The van der Waals surface area contributed by atoms with Crippen LogP contribution in [0.4, 0.5) is 0 Å². The predicted octanol–water partition coefficient (Wildman–Crippen LogP) is 5.44. The maximum absolute atomic E-state index is 13.1. The molecule has 0 aromatic heterocycles. The first kappa shape index (κ1) is 22.9. The second-order valence-corrected chi connectivity index (χ2v) is 7.92. The fourth-order valence-corrected chi connectivity index (χ4v) is 4.16. The van der Waals surface area contributed by atoms with Crippen LogP contribution in [0.3, 0.4) is 0 Å². The van der Waals surface area contributed by atoms with E-state index in [9.17, 15) is 9.36 Å². The van der Waals surface area contributed by atoms with E-state index < -0.39 is 13.6 Å². The summed E-state index contributed by atoms with van der Waals surface area (Å²) in [6, 6.07) is 16.9. The van der Waals surface area contributed by atoms with Gasteiger partial charge in [-0.15, -0.1) is 0 Å². The van der Waals surface area contributed by atoms with E-state index in [1.807, 2.05) is 30.3 Å². The lowest BCUT2D eigenvalue weighted by Crippen LogP contribution is -2.11. The van der Waals surface area contributed by atoms with Crippen LogP contribution < -0.4 is 4.74 Å². The Bertz CT molecular complexity index is 835. The minimum absolute atomic E-state index is 0.124. The summed E-state index contributed by atoms with van der Waals surface area (Å²) in [6.45, 7) is 5.94. The highest BCUT2D eigenvalue weighted by molar-refractivity contribution is 7.60. The van der Waals surface area contributed by atoms with E-state index in [1.165, 1.54) is 6.08 Å². The van der Waals surface area contributed by atoms with Gasteiger partial charge in [-0.1, -0.05) is 42.5 Å². The zero-order chi connectivity index (χ0) is 21.1. The van der Waals surface area contributed by atoms with Gasteiger partial charge in [0.05, 0.1) is 19.8 Å². The average Bonchev–Trinajstić information content (AvgIpc) is 2.72. The van der Waals surface area contributed by atoms with Gasteiger partial charge in [0.1, 0.15) is 17.7 Å². The fourth-order valence-electron chi connectivity index (χ4n) is 2.53. The molecular formula is C22H27O6P. The van der Waals surface area contributed by atoms with Crippen molar-refractivity contribution in [3.05, 3.63) is 71.0 Å². The third-order valence-corrected chi connectivity index (χ3v) is 5.91. The van der Waals surface area contributed by atoms with Gasteiger partial charge in [-0.3, -0.25) is 4.57 Å². The quantitative estimate of drug-likeness (QED) is 0.275. The molecule has 0 aliphatic heterocycles. The molecule has 2 aromatic rings. The minimum Gasteiger partial charge on any atom is -0.489 e. The van der Waals surface area contributed by atoms with Gasteiger partial charge >= 0.3 is 13.6 Å². The Hall–Kier alpha value is -2.40. The molecule has 0 spiro atoms. The molecule has 2 aromatic carbocycles. The Morgan fingerprint density at radius 1 is 0.897 bits per heavy atom. The van der Waals surface area contributed by atoms with Gasteiger partial charge in [0.2, 0.25) is 0 Å². The molecule has 7 heteroatoms. The first-order valence-corrected chi connectivity index (χ1v) is 11.1. The zero-order valence-electron chi connectivity index (χ0n) is 17.0.